The number of amides is 2. The Labute approximate surface area is 160 Å². The molecule has 0 aliphatic carbocycles. The minimum Gasteiger partial charge on any atom is -0.337 e. The van der Waals surface area contributed by atoms with Gasteiger partial charge in [-0.15, -0.1) is 0 Å². The third-order valence-corrected chi connectivity index (χ3v) is 4.75. The van der Waals surface area contributed by atoms with E-state index in [0.717, 1.165) is 17.7 Å². The Morgan fingerprint density at radius 1 is 1.26 bits per heavy atom. The van der Waals surface area contributed by atoms with Gasteiger partial charge in [-0.3, -0.25) is 9.59 Å². The molecule has 1 unspecified atom stereocenters. The molecule has 6 nitrogen and oxygen atoms in total. The highest BCUT2D eigenvalue weighted by Gasteiger charge is 2.38. The summed E-state index contributed by atoms with van der Waals surface area (Å²) >= 11 is 0. The van der Waals surface area contributed by atoms with Crippen LogP contribution in [0.5, 0.6) is 0 Å². The Morgan fingerprint density at radius 3 is 2.74 bits per heavy atom. The number of aryl methyl sites for hydroxylation is 1. The van der Waals surface area contributed by atoms with Gasteiger partial charge in [-0.1, -0.05) is 12.1 Å². The van der Waals surface area contributed by atoms with Crippen molar-refractivity contribution in [2.45, 2.75) is 46.1 Å². The molecule has 142 valence electrons. The zero-order valence-corrected chi connectivity index (χ0v) is 16.3. The lowest BCUT2D eigenvalue weighted by Gasteiger charge is -2.41. The summed E-state index contributed by atoms with van der Waals surface area (Å²) in [5.41, 5.74) is 2.06. The number of hydrogen-bond acceptors (Lipinski definition) is 4. The topological polar surface area (TPSA) is 75.2 Å². The number of anilines is 1. The molecule has 2 heterocycles. The Hall–Kier alpha value is -2.76. The summed E-state index contributed by atoms with van der Waals surface area (Å²) in [5.74, 6) is -0.378. The molecule has 1 aromatic heterocycles. The van der Waals surface area contributed by atoms with Crippen LogP contribution in [0.15, 0.2) is 36.5 Å². The number of carbonyl (C=O) groups excluding carboxylic acids is 2. The van der Waals surface area contributed by atoms with Crippen LogP contribution in [0.4, 0.5) is 5.69 Å². The van der Waals surface area contributed by atoms with E-state index in [1.165, 1.54) is 0 Å². The highest BCUT2D eigenvalue weighted by molar-refractivity contribution is 6.07. The van der Waals surface area contributed by atoms with Gasteiger partial charge in [0.2, 0.25) is 11.8 Å². The third-order valence-electron chi connectivity index (χ3n) is 4.75. The van der Waals surface area contributed by atoms with Gasteiger partial charge in [-0.2, -0.15) is 0 Å². The van der Waals surface area contributed by atoms with E-state index < -0.39 is 5.92 Å². The number of nitrogens with one attached hydrogen (secondary N) is 1. The smallest absolute Gasteiger partial charge is 0.236 e. The van der Waals surface area contributed by atoms with Gasteiger partial charge in [0.25, 0.3) is 0 Å². The minimum absolute atomic E-state index is 0.0931. The molecule has 27 heavy (non-hydrogen) atoms. The van der Waals surface area contributed by atoms with E-state index in [0.29, 0.717) is 24.5 Å². The molecule has 0 radical (unpaired) electrons. The first-order chi connectivity index (χ1) is 12.8. The Kier molecular flexibility index (Phi) is 5.26. The van der Waals surface area contributed by atoms with E-state index in [9.17, 15) is 9.59 Å². The molecule has 0 spiro atoms. The fourth-order valence-corrected chi connectivity index (χ4v) is 3.34. The van der Waals surface area contributed by atoms with E-state index in [-0.39, 0.29) is 17.4 Å². The predicted molar refractivity (Wildman–Crippen MR) is 105 cm³/mol. The van der Waals surface area contributed by atoms with Crippen molar-refractivity contribution in [3.05, 3.63) is 42.2 Å². The van der Waals surface area contributed by atoms with Crippen molar-refractivity contribution < 1.29 is 9.59 Å². The Bertz CT molecular complexity index is 857. The fraction of sp³-hybridized carbons (Fsp3) is 0.429. The maximum atomic E-state index is 12.8. The number of rotatable bonds is 3. The van der Waals surface area contributed by atoms with Gasteiger partial charge in [0, 0.05) is 35.2 Å². The van der Waals surface area contributed by atoms with Gasteiger partial charge in [0.05, 0.1) is 0 Å². The SMILES string of the molecule is Cc1ccnc(-c2cccc(NC(=O)C3CCCN(C(C)(C)C)C3=O)c2)n1. The molecule has 0 bridgehead atoms. The summed E-state index contributed by atoms with van der Waals surface area (Å²) < 4.78 is 0. The molecule has 1 aliphatic heterocycles. The largest absolute Gasteiger partial charge is 0.337 e. The summed E-state index contributed by atoms with van der Waals surface area (Å²) in [5, 5.41) is 2.90. The highest BCUT2D eigenvalue weighted by Crippen LogP contribution is 2.27. The first-order valence-corrected chi connectivity index (χ1v) is 9.28. The summed E-state index contributed by atoms with van der Waals surface area (Å²) in [6.07, 6.45) is 3.13. The predicted octanol–water partition coefficient (Wildman–Crippen LogP) is 3.43. The third kappa shape index (κ3) is 4.32. The van der Waals surface area contributed by atoms with Crippen LogP contribution in [0.2, 0.25) is 0 Å². The second kappa shape index (κ2) is 7.47. The van der Waals surface area contributed by atoms with Gasteiger partial charge in [-0.25, -0.2) is 9.97 Å². The van der Waals surface area contributed by atoms with Crippen LogP contribution in [0.1, 0.15) is 39.3 Å². The summed E-state index contributed by atoms with van der Waals surface area (Å²) in [7, 11) is 0. The number of piperidine rings is 1. The number of hydrogen-bond donors (Lipinski definition) is 1. The molecular weight excluding hydrogens is 340 g/mol. The molecule has 1 fully saturated rings. The van der Waals surface area contributed by atoms with Crippen LogP contribution in [-0.4, -0.2) is 38.8 Å². The second-order valence-corrected chi connectivity index (χ2v) is 7.95. The highest BCUT2D eigenvalue weighted by atomic mass is 16.2. The van der Waals surface area contributed by atoms with Crippen LogP contribution in [0, 0.1) is 12.8 Å². The van der Waals surface area contributed by atoms with Gasteiger partial charge in [-0.05, 0) is 58.7 Å². The van der Waals surface area contributed by atoms with Crippen molar-refractivity contribution >= 4 is 17.5 Å². The van der Waals surface area contributed by atoms with Crippen molar-refractivity contribution in [1.29, 1.82) is 0 Å². The van der Waals surface area contributed by atoms with Crippen LogP contribution >= 0.6 is 0 Å². The number of likely N-dealkylation sites (tertiary alicyclic amines) is 1. The number of aromatic nitrogens is 2. The zero-order valence-electron chi connectivity index (χ0n) is 16.3. The lowest BCUT2D eigenvalue weighted by Crippen LogP contribution is -2.53. The van der Waals surface area contributed by atoms with Crippen LogP contribution in [0.3, 0.4) is 0 Å². The molecule has 2 aromatic rings. The van der Waals surface area contributed by atoms with Gasteiger partial charge in [0.15, 0.2) is 5.82 Å². The van der Waals surface area contributed by atoms with E-state index in [1.54, 1.807) is 11.1 Å². The van der Waals surface area contributed by atoms with Crippen LogP contribution in [0.25, 0.3) is 11.4 Å². The quantitative estimate of drug-likeness (QED) is 0.845. The number of carbonyl (C=O) groups is 2. The average molecular weight is 366 g/mol. The lowest BCUT2D eigenvalue weighted by atomic mass is 9.92. The molecule has 6 heteroatoms. The molecule has 1 N–H and O–H groups in total. The maximum Gasteiger partial charge on any atom is 0.236 e. The molecule has 1 aromatic carbocycles. The molecule has 1 atom stereocenters. The lowest BCUT2D eigenvalue weighted by molar-refractivity contribution is -0.147. The Morgan fingerprint density at radius 2 is 2.04 bits per heavy atom. The number of benzene rings is 1. The van der Waals surface area contributed by atoms with Crippen molar-refractivity contribution in [2.75, 3.05) is 11.9 Å². The normalized spacial score (nSPS) is 17.7. The first-order valence-electron chi connectivity index (χ1n) is 9.28. The standard InChI is InChI=1S/C21H26N4O2/c1-14-10-11-22-18(23-14)15-7-5-8-16(13-15)24-19(26)17-9-6-12-25(20(17)27)21(2,3)4/h5,7-8,10-11,13,17H,6,9,12H2,1-4H3,(H,24,26). The van der Waals surface area contributed by atoms with Gasteiger partial charge in [0.1, 0.15) is 5.92 Å². The molecule has 0 saturated carbocycles. The van der Waals surface area contributed by atoms with E-state index in [4.69, 9.17) is 0 Å². The van der Waals surface area contributed by atoms with Crippen LogP contribution < -0.4 is 5.32 Å². The molecular formula is C21H26N4O2. The zero-order chi connectivity index (χ0) is 19.6. The van der Waals surface area contributed by atoms with Crippen molar-refractivity contribution in [2.24, 2.45) is 5.92 Å². The van der Waals surface area contributed by atoms with Crippen molar-refractivity contribution in [3.63, 3.8) is 0 Å². The fourth-order valence-electron chi connectivity index (χ4n) is 3.34. The second-order valence-electron chi connectivity index (χ2n) is 7.95. The number of nitrogens with zero attached hydrogens (tertiary/aromatic N) is 3. The van der Waals surface area contributed by atoms with E-state index in [1.807, 2.05) is 58.0 Å². The molecule has 1 saturated heterocycles. The summed E-state index contributed by atoms with van der Waals surface area (Å²) in [6, 6.07) is 9.23. The average Bonchev–Trinajstić information content (AvgIpc) is 2.61. The van der Waals surface area contributed by atoms with E-state index >= 15 is 0 Å². The van der Waals surface area contributed by atoms with Crippen molar-refractivity contribution in [3.8, 4) is 11.4 Å². The van der Waals surface area contributed by atoms with Crippen LogP contribution in [-0.2, 0) is 9.59 Å². The molecule has 1 aliphatic rings. The Balaban J connectivity index is 1.76. The van der Waals surface area contributed by atoms with E-state index in [2.05, 4.69) is 15.3 Å². The van der Waals surface area contributed by atoms with Crippen molar-refractivity contribution in [1.82, 2.24) is 14.9 Å². The monoisotopic (exact) mass is 366 g/mol. The molecule has 3 rings (SSSR count). The minimum atomic E-state index is -0.642. The first kappa shape index (κ1) is 19.0. The van der Waals surface area contributed by atoms with Gasteiger partial charge < -0.3 is 10.2 Å². The summed E-state index contributed by atoms with van der Waals surface area (Å²) in [4.78, 5) is 36.0. The maximum absolute atomic E-state index is 12.8. The molecule has 2 amide bonds. The summed E-state index contributed by atoms with van der Waals surface area (Å²) in [6.45, 7) is 8.60. The van der Waals surface area contributed by atoms with Gasteiger partial charge >= 0.3 is 0 Å².